The fourth-order valence-electron chi connectivity index (χ4n) is 3.07. The third-order valence-corrected chi connectivity index (χ3v) is 3.63. The lowest BCUT2D eigenvalue weighted by Crippen LogP contribution is -2.42. The Kier molecular flexibility index (Phi) is 1.42. The van der Waals surface area contributed by atoms with Gasteiger partial charge in [0.25, 0.3) is 0 Å². The lowest BCUT2D eigenvalue weighted by atomic mass is 9.69. The number of Topliss-reactive ketones (excluding diaryl/α,β-unsaturated/α-hetero) is 2. The van der Waals surface area contributed by atoms with Gasteiger partial charge < -0.3 is 4.74 Å². The maximum atomic E-state index is 11.6. The Morgan fingerprint density at radius 3 is 1.85 bits per heavy atom. The summed E-state index contributed by atoms with van der Waals surface area (Å²) in [6.45, 7) is 0. The number of carbonyl (C=O) groups is 2. The van der Waals surface area contributed by atoms with Crippen LogP contribution in [0.1, 0.15) is 25.7 Å². The molecule has 1 aliphatic carbocycles. The number of fused-ring (bicyclic) bond motifs is 5. The van der Waals surface area contributed by atoms with Crippen molar-refractivity contribution in [1.82, 2.24) is 0 Å². The van der Waals surface area contributed by atoms with Crippen molar-refractivity contribution in [2.24, 2.45) is 11.8 Å². The minimum atomic E-state index is -0.0694. The minimum Gasteiger partial charge on any atom is -0.373 e. The Bertz CT molecular complexity index is 256. The zero-order chi connectivity index (χ0) is 9.00. The standard InChI is InChI=1S/C10H12O3/c11-5-1-2-6(12)10-8-4-3-7(13-8)9(5)10/h7-10H,1-4H2/t7-,8+,9-,10+. The van der Waals surface area contributed by atoms with E-state index in [1.807, 2.05) is 0 Å². The molecule has 4 atom stereocenters. The molecule has 0 aromatic heterocycles. The van der Waals surface area contributed by atoms with Gasteiger partial charge in [-0.25, -0.2) is 0 Å². The summed E-state index contributed by atoms with van der Waals surface area (Å²) < 4.78 is 5.62. The maximum absolute atomic E-state index is 11.6. The summed E-state index contributed by atoms with van der Waals surface area (Å²) in [4.78, 5) is 23.2. The van der Waals surface area contributed by atoms with Crippen LogP contribution in [0.4, 0.5) is 0 Å². The highest BCUT2D eigenvalue weighted by atomic mass is 16.5. The summed E-state index contributed by atoms with van der Waals surface area (Å²) >= 11 is 0. The van der Waals surface area contributed by atoms with E-state index in [0.717, 1.165) is 12.8 Å². The van der Waals surface area contributed by atoms with Crippen LogP contribution in [0.3, 0.4) is 0 Å². The monoisotopic (exact) mass is 180 g/mol. The van der Waals surface area contributed by atoms with Gasteiger partial charge in [0.1, 0.15) is 11.6 Å². The average Bonchev–Trinajstić information content (AvgIpc) is 2.70. The molecule has 0 aromatic carbocycles. The van der Waals surface area contributed by atoms with Gasteiger partial charge in [0.15, 0.2) is 0 Å². The molecule has 2 bridgehead atoms. The first-order chi connectivity index (χ1) is 6.27. The zero-order valence-electron chi connectivity index (χ0n) is 7.36. The fraction of sp³-hybridized carbons (Fsp3) is 0.800. The zero-order valence-corrected chi connectivity index (χ0v) is 7.36. The normalized spacial score (nSPS) is 48.3. The second-order valence-corrected chi connectivity index (χ2v) is 4.27. The first-order valence-electron chi connectivity index (χ1n) is 4.98. The van der Waals surface area contributed by atoms with E-state index in [1.165, 1.54) is 0 Å². The number of ether oxygens (including phenoxy) is 1. The van der Waals surface area contributed by atoms with Crippen molar-refractivity contribution in [2.45, 2.75) is 37.9 Å². The predicted molar refractivity (Wildman–Crippen MR) is 44.1 cm³/mol. The van der Waals surface area contributed by atoms with Crippen LogP contribution < -0.4 is 0 Å². The van der Waals surface area contributed by atoms with Crippen LogP contribution in [-0.4, -0.2) is 23.8 Å². The summed E-state index contributed by atoms with van der Waals surface area (Å²) in [6, 6.07) is 0. The third-order valence-electron chi connectivity index (χ3n) is 3.63. The Labute approximate surface area is 76.4 Å². The molecule has 0 radical (unpaired) electrons. The number of hydrogen-bond donors (Lipinski definition) is 0. The van der Waals surface area contributed by atoms with Gasteiger partial charge in [0, 0.05) is 12.8 Å². The van der Waals surface area contributed by atoms with Crippen LogP contribution in [0.5, 0.6) is 0 Å². The molecule has 3 heteroatoms. The molecule has 0 aromatic rings. The molecule has 3 aliphatic rings. The van der Waals surface area contributed by atoms with Crippen molar-refractivity contribution in [3.05, 3.63) is 0 Å². The molecule has 0 spiro atoms. The van der Waals surface area contributed by atoms with E-state index in [1.54, 1.807) is 0 Å². The van der Waals surface area contributed by atoms with Crippen molar-refractivity contribution in [3.63, 3.8) is 0 Å². The van der Waals surface area contributed by atoms with Crippen molar-refractivity contribution in [2.75, 3.05) is 0 Å². The van der Waals surface area contributed by atoms with Gasteiger partial charge in [-0.1, -0.05) is 0 Å². The van der Waals surface area contributed by atoms with Crippen LogP contribution in [0, 0.1) is 11.8 Å². The SMILES string of the molecule is O=C1CCC(=O)[C@H]2[C@@H]1[C@@H]1CC[C@H]2O1. The molecule has 2 saturated heterocycles. The quantitative estimate of drug-likeness (QED) is 0.551. The molecule has 13 heavy (non-hydrogen) atoms. The summed E-state index contributed by atoms with van der Waals surface area (Å²) in [5.74, 6) is 0.383. The van der Waals surface area contributed by atoms with Gasteiger partial charge in [0.2, 0.25) is 0 Å². The molecule has 2 aliphatic heterocycles. The first kappa shape index (κ1) is 7.68. The number of rotatable bonds is 0. The molecule has 3 fully saturated rings. The van der Waals surface area contributed by atoms with Crippen LogP contribution >= 0.6 is 0 Å². The Morgan fingerprint density at radius 1 is 0.923 bits per heavy atom. The second kappa shape index (κ2) is 2.41. The minimum absolute atomic E-state index is 0.0694. The Hall–Kier alpha value is -0.700. The average molecular weight is 180 g/mol. The summed E-state index contributed by atoms with van der Waals surface area (Å²) in [5.41, 5.74) is 0. The van der Waals surface area contributed by atoms with Gasteiger partial charge in [-0.2, -0.15) is 0 Å². The van der Waals surface area contributed by atoms with Crippen LogP contribution in [-0.2, 0) is 14.3 Å². The van der Waals surface area contributed by atoms with E-state index in [-0.39, 0.29) is 35.6 Å². The summed E-state index contributed by atoms with van der Waals surface area (Å²) in [6.07, 6.45) is 3.01. The van der Waals surface area contributed by atoms with Gasteiger partial charge in [-0.3, -0.25) is 9.59 Å². The van der Waals surface area contributed by atoms with E-state index in [4.69, 9.17) is 4.74 Å². The number of carbonyl (C=O) groups excluding carboxylic acids is 2. The molecule has 70 valence electrons. The van der Waals surface area contributed by atoms with E-state index < -0.39 is 0 Å². The lowest BCUT2D eigenvalue weighted by Gasteiger charge is -2.29. The fourth-order valence-corrected chi connectivity index (χ4v) is 3.07. The molecule has 0 N–H and O–H groups in total. The third kappa shape index (κ3) is 0.881. The van der Waals surface area contributed by atoms with Gasteiger partial charge in [-0.05, 0) is 12.8 Å². The number of ketones is 2. The highest BCUT2D eigenvalue weighted by Crippen LogP contribution is 2.47. The maximum Gasteiger partial charge on any atom is 0.139 e. The molecular weight excluding hydrogens is 168 g/mol. The predicted octanol–water partition coefficient (Wildman–Crippen LogP) is 0.712. The lowest BCUT2D eigenvalue weighted by molar-refractivity contribution is -0.138. The Morgan fingerprint density at radius 2 is 1.38 bits per heavy atom. The summed E-state index contributed by atoms with van der Waals surface area (Å²) in [7, 11) is 0. The highest BCUT2D eigenvalue weighted by molar-refractivity contribution is 5.97. The van der Waals surface area contributed by atoms with E-state index in [2.05, 4.69) is 0 Å². The first-order valence-corrected chi connectivity index (χ1v) is 4.98. The van der Waals surface area contributed by atoms with Gasteiger partial charge in [0.05, 0.1) is 24.0 Å². The van der Waals surface area contributed by atoms with Crippen molar-refractivity contribution < 1.29 is 14.3 Å². The largest absolute Gasteiger partial charge is 0.373 e. The van der Waals surface area contributed by atoms with Gasteiger partial charge in [-0.15, -0.1) is 0 Å². The Balaban J connectivity index is 1.98. The van der Waals surface area contributed by atoms with Gasteiger partial charge >= 0.3 is 0 Å². The smallest absolute Gasteiger partial charge is 0.139 e. The summed E-state index contributed by atoms with van der Waals surface area (Å²) in [5, 5.41) is 0. The molecular formula is C10H12O3. The number of hydrogen-bond acceptors (Lipinski definition) is 3. The highest BCUT2D eigenvalue weighted by Gasteiger charge is 2.56. The second-order valence-electron chi connectivity index (χ2n) is 4.27. The van der Waals surface area contributed by atoms with Crippen molar-refractivity contribution in [3.8, 4) is 0 Å². The molecule has 1 saturated carbocycles. The van der Waals surface area contributed by atoms with Crippen LogP contribution in [0.15, 0.2) is 0 Å². The molecule has 2 heterocycles. The van der Waals surface area contributed by atoms with E-state index in [9.17, 15) is 9.59 Å². The molecule has 3 nitrogen and oxygen atoms in total. The van der Waals surface area contributed by atoms with Crippen LogP contribution in [0.2, 0.25) is 0 Å². The molecule has 0 unspecified atom stereocenters. The van der Waals surface area contributed by atoms with Crippen LogP contribution in [0.25, 0.3) is 0 Å². The van der Waals surface area contributed by atoms with E-state index in [0.29, 0.717) is 12.8 Å². The van der Waals surface area contributed by atoms with E-state index >= 15 is 0 Å². The topological polar surface area (TPSA) is 43.4 Å². The molecule has 3 rings (SSSR count). The molecule has 0 amide bonds. The van der Waals surface area contributed by atoms with Crippen molar-refractivity contribution in [1.29, 1.82) is 0 Å². The van der Waals surface area contributed by atoms with Crippen molar-refractivity contribution >= 4 is 11.6 Å².